The zero-order chi connectivity index (χ0) is 20.8. The maximum atomic E-state index is 13.0. The number of nitrogens with one attached hydrogen (secondary N) is 1. The van der Waals surface area contributed by atoms with Crippen LogP contribution in [0.2, 0.25) is 5.02 Å². The average molecular weight is 432 g/mol. The maximum Gasteiger partial charge on any atom is 0.267 e. The van der Waals surface area contributed by atoms with Crippen molar-refractivity contribution in [2.45, 2.75) is 13.1 Å². The van der Waals surface area contributed by atoms with Crippen LogP contribution in [0, 0.1) is 0 Å². The first-order valence-corrected chi connectivity index (χ1v) is 10.6. The topological polar surface area (TPSA) is 59.6 Å². The number of thiophene rings is 1. The Morgan fingerprint density at radius 3 is 2.59 bits per heavy atom. The van der Waals surface area contributed by atoms with Crippen LogP contribution < -0.4 is 10.5 Å². The molecular formula is C21H24ClN4O2S+. The third-order valence-corrected chi connectivity index (χ3v) is 5.57. The highest BCUT2D eigenvalue weighted by Crippen LogP contribution is 2.18. The third-order valence-electron chi connectivity index (χ3n) is 4.45. The SMILES string of the molecule is C[NH+](C)CCN(Cc1cccs1)C(=O)Cn1nc(-c2ccc(Cl)cc2)ccc1=O. The van der Waals surface area contributed by atoms with Gasteiger partial charge in [-0.1, -0.05) is 29.8 Å². The van der Waals surface area contributed by atoms with E-state index < -0.39 is 0 Å². The monoisotopic (exact) mass is 431 g/mol. The number of hydrogen-bond acceptors (Lipinski definition) is 4. The summed E-state index contributed by atoms with van der Waals surface area (Å²) in [6.45, 7) is 1.89. The van der Waals surface area contributed by atoms with Crippen molar-refractivity contribution in [3.63, 3.8) is 0 Å². The van der Waals surface area contributed by atoms with Crippen molar-refractivity contribution in [1.82, 2.24) is 14.7 Å². The maximum absolute atomic E-state index is 13.0. The van der Waals surface area contributed by atoms with Gasteiger partial charge < -0.3 is 9.80 Å². The first-order chi connectivity index (χ1) is 13.9. The van der Waals surface area contributed by atoms with Gasteiger partial charge in [-0.05, 0) is 29.6 Å². The van der Waals surface area contributed by atoms with Crippen molar-refractivity contribution < 1.29 is 9.69 Å². The van der Waals surface area contributed by atoms with Gasteiger partial charge in [0.15, 0.2) is 0 Å². The molecule has 3 aromatic rings. The predicted octanol–water partition coefficient (Wildman–Crippen LogP) is 1.80. The number of amides is 1. The molecule has 0 aliphatic heterocycles. The summed E-state index contributed by atoms with van der Waals surface area (Å²) in [5, 5.41) is 7.02. The van der Waals surface area contributed by atoms with Crippen LogP contribution in [0.5, 0.6) is 0 Å². The van der Waals surface area contributed by atoms with E-state index in [0.29, 0.717) is 23.8 Å². The number of benzene rings is 1. The Labute approximate surface area is 179 Å². The molecule has 0 atom stereocenters. The summed E-state index contributed by atoms with van der Waals surface area (Å²) in [6, 6.07) is 14.3. The Balaban J connectivity index is 1.79. The zero-order valence-corrected chi connectivity index (χ0v) is 18.0. The second-order valence-electron chi connectivity index (χ2n) is 7.07. The molecule has 0 unspecified atom stereocenters. The number of hydrogen-bond donors (Lipinski definition) is 1. The standard InChI is InChI=1S/C21H23ClN4O2S/c1-24(2)11-12-25(14-18-4-3-13-29-18)21(28)15-26-20(27)10-9-19(23-26)16-5-7-17(22)8-6-16/h3-10,13H,11-12,14-15H2,1-2H3/p+1. The average Bonchev–Trinajstić information content (AvgIpc) is 3.20. The molecule has 0 saturated carbocycles. The lowest BCUT2D eigenvalue weighted by Crippen LogP contribution is -3.06. The number of halogens is 1. The van der Waals surface area contributed by atoms with Gasteiger partial charge in [0.2, 0.25) is 5.91 Å². The van der Waals surface area contributed by atoms with Gasteiger partial charge in [0.1, 0.15) is 6.54 Å². The summed E-state index contributed by atoms with van der Waals surface area (Å²) in [5.41, 5.74) is 1.16. The van der Waals surface area contributed by atoms with Gasteiger partial charge in [-0.15, -0.1) is 11.3 Å². The molecule has 1 aromatic carbocycles. The molecule has 29 heavy (non-hydrogen) atoms. The molecule has 1 N–H and O–H groups in total. The molecule has 3 rings (SSSR count). The van der Waals surface area contributed by atoms with Crippen LogP contribution in [0.15, 0.2) is 58.7 Å². The minimum atomic E-state index is -0.301. The number of rotatable bonds is 8. The molecule has 0 aliphatic carbocycles. The van der Waals surface area contributed by atoms with Crippen LogP contribution in [0.25, 0.3) is 11.3 Å². The summed E-state index contributed by atoms with van der Waals surface area (Å²) in [5.74, 6) is -0.123. The van der Waals surface area contributed by atoms with Gasteiger partial charge in [-0.25, -0.2) is 4.68 Å². The molecule has 0 aliphatic rings. The van der Waals surface area contributed by atoms with E-state index in [1.807, 2.05) is 29.6 Å². The summed E-state index contributed by atoms with van der Waals surface area (Å²) >= 11 is 7.56. The van der Waals surface area contributed by atoms with E-state index in [2.05, 4.69) is 19.2 Å². The Morgan fingerprint density at radius 1 is 1.17 bits per heavy atom. The van der Waals surface area contributed by atoms with Gasteiger partial charge in [0.05, 0.1) is 39.4 Å². The Bertz CT molecular complexity index is 1000. The van der Waals surface area contributed by atoms with Crippen LogP contribution in [-0.2, 0) is 17.9 Å². The summed E-state index contributed by atoms with van der Waals surface area (Å²) in [7, 11) is 4.10. The van der Waals surface area contributed by atoms with E-state index in [0.717, 1.165) is 17.0 Å². The molecule has 0 saturated heterocycles. The van der Waals surface area contributed by atoms with Gasteiger partial charge >= 0.3 is 0 Å². The van der Waals surface area contributed by atoms with Crippen LogP contribution >= 0.6 is 22.9 Å². The van der Waals surface area contributed by atoms with Crippen LogP contribution in [0.4, 0.5) is 0 Å². The fraction of sp³-hybridized carbons (Fsp3) is 0.286. The van der Waals surface area contributed by atoms with Crippen molar-refractivity contribution in [3.05, 3.63) is 74.2 Å². The first-order valence-electron chi connectivity index (χ1n) is 9.35. The van der Waals surface area contributed by atoms with E-state index >= 15 is 0 Å². The summed E-state index contributed by atoms with van der Waals surface area (Å²) in [4.78, 5) is 29.5. The Kier molecular flexibility index (Phi) is 7.19. The van der Waals surface area contributed by atoms with Crippen molar-refractivity contribution in [1.29, 1.82) is 0 Å². The van der Waals surface area contributed by atoms with E-state index in [4.69, 9.17) is 11.6 Å². The quantitative estimate of drug-likeness (QED) is 0.591. The lowest BCUT2D eigenvalue weighted by molar-refractivity contribution is -0.857. The Hall–Kier alpha value is -2.48. The largest absolute Gasteiger partial charge is 0.338 e. The minimum Gasteiger partial charge on any atom is -0.338 e. The number of carbonyl (C=O) groups is 1. The molecule has 0 spiro atoms. The molecule has 0 fully saturated rings. The van der Waals surface area contributed by atoms with Crippen LogP contribution in [0.1, 0.15) is 4.88 Å². The van der Waals surface area contributed by atoms with E-state index in [-0.39, 0.29) is 18.0 Å². The van der Waals surface area contributed by atoms with Crippen LogP contribution in [0.3, 0.4) is 0 Å². The first kappa shape index (κ1) is 21.2. The van der Waals surface area contributed by atoms with Gasteiger partial charge in [-0.2, -0.15) is 5.10 Å². The van der Waals surface area contributed by atoms with E-state index in [9.17, 15) is 9.59 Å². The molecule has 2 heterocycles. The van der Waals surface area contributed by atoms with Crippen molar-refractivity contribution in [2.24, 2.45) is 0 Å². The van der Waals surface area contributed by atoms with E-state index in [1.165, 1.54) is 15.6 Å². The van der Waals surface area contributed by atoms with Crippen molar-refractivity contribution >= 4 is 28.8 Å². The number of aromatic nitrogens is 2. The summed E-state index contributed by atoms with van der Waals surface area (Å²) < 4.78 is 1.23. The lowest BCUT2D eigenvalue weighted by Gasteiger charge is -2.23. The zero-order valence-electron chi connectivity index (χ0n) is 16.5. The highest BCUT2D eigenvalue weighted by Gasteiger charge is 2.18. The number of likely N-dealkylation sites (N-methyl/N-ethyl adjacent to an activating group) is 1. The second-order valence-corrected chi connectivity index (χ2v) is 8.54. The molecule has 8 heteroatoms. The molecule has 0 radical (unpaired) electrons. The molecule has 2 aromatic heterocycles. The Morgan fingerprint density at radius 2 is 1.93 bits per heavy atom. The fourth-order valence-electron chi connectivity index (χ4n) is 2.81. The smallest absolute Gasteiger partial charge is 0.267 e. The summed E-state index contributed by atoms with van der Waals surface area (Å²) in [6.07, 6.45) is 0. The lowest BCUT2D eigenvalue weighted by atomic mass is 10.1. The fourth-order valence-corrected chi connectivity index (χ4v) is 3.65. The van der Waals surface area contributed by atoms with Gasteiger partial charge in [-0.3, -0.25) is 9.59 Å². The van der Waals surface area contributed by atoms with Gasteiger partial charge in [0.25, 0.3) is 5.56 Å². The molecule has 6 nitrogen and oxygen atoms in total. The number of nitrogens with zero attached hydrogens (tertiary/aromatic N) is 3. The molecule has 152 valence electrons. The van der Waals surface area contributed by atoms with Crippen LogP contribution in [-0.4, -0.2) is 47.8 Å². The minimum absolute atomic E-state index is 0.0889. The normalized spacial score (nSPS) is 11.0. The molecule has 1 amide bonds. The number of quaternary nitrogens is 1. The highest BCUT2D eigenvalue weighted by atomic mass is 35.5. The second kappa shape index (κ2) is 9.82. The van der Waals surface area contributed by atoms with Crippen molar-refractivity contribution in [2.75, 3.05) is 27.2 Å². The predicted molar refractivity (Wildman–Crippen MR) is 116 cm³/mol. The third kappa shape index (κ3) is 6.00. The van der Waals surface area contributed by atoms with Crippen molar-refractivity contribution in [3.8, 4) is 11.3 Å². The van der Waals surface area contributed by atoms with E-state index in [1.54, 1.807) is 34.4 Å². The van der Waals surface area contributed by atoms with Gasteiger partial charge in [0, 0.05) is 21.5 Å². The highest BCUT2D eigenvalue weighted by molar-refractivity contribution is 7.09. The molecule has 0 bridgehead atoms. The number of carbonyl (C=O) groups excluding carboxylic acids is 1. The molecular weight excluding hydrogens is 408 g/mol.